The van der Waals surface area contributed by atoms with Gasteiger partial charge in [-0.15, -0.1) is 0 Å². The average Bonchev–Trinajstić information content (AvgIpc) is 1.88. The van der Waals surface area contributed by atoms with Gasteiger partial charge in [0.1, 0.15) is 5.71 Å². The Morgan fingerprint density at radius 2 is 2.50 bits per heavy atom. The highest BCUT2D eigenvalue weighted by molar-refractivity contribution is 7.88. The molecular weight excluding hydrogens is 154 g/mol. The summed E-state index contributed by atoms with van der Waals surface area (Å²) in [5.74, 6) is -1.08. The number of hydrogen-bond acceptors (Lipinski definition) is 3. The Balaban J connectivity index is 2.80. The van der Waals surface area contributed by atoms with E-state index in [0.717, 1.165) is 0 Å². The number of carboxylic acid groups (broad SMARTS) is 1. The molecule has 0 spiro atoms. The van der Waals surface area contributed by atoms with Gasteiger partial charge in [-0.25, -0.2) is 4.79 Å². The maximum atomic E-state index is 10.7. The lowest BCUT2D eigenvalue weighted by molar-refractivity contribution is -0.129. The molecule has 0 aromatic carbocycles. The molecule has 0 aromatic heterocycles. The molecule has 4 nitrogen and oxygen atoms in total. The smallest absolute Gasteiger partial charge is 0.351 e. The predicted molar refractivity (Wildman–Crippen MR) is 37.2 cm³/mol. The van der Waals surface area contributed by atoms with E-state index in [1.165, 1.54) is 11.6 Å². The van der Waals surface area contributed by atoms with E-state index in [1.807, 2.05) is 0 Å². The summed E-state index contributed by atoms with van der Waals surface area (Å²) in [5, 5.41) is 9.72. The molecule has 5 heteroatoms. The Labute approximate surface area is 59.7 Å². The largest absolute Gasteiger partial charge is 0.477 e. The highest BCUT2D eigenvalue weighted by Gasteiger charge is 2.13. The molecule has 0 aliphatic carbocycles. The van der Waals surface area contributed by atoms with Crippen LogP contribution in [0, 0.1) is 0 Å². The third-order valence-electron chi connectivity index (χ3n) is 0.969. The predicted octanol–water partition coefficient (Wildman–Crippen LogP) is -0.254. The van der Waals surface area contributed by atoms with Gasteiger partial charge < -0.3 is 5.11 Å². The average molecular weight is 159 g/mol. The summed E-state index contributed by atoms with van der Waals surface area (Å²) in [5.41, 5.74) is -0.0409. The first kappa shape index (κ1) is 7.14. The van der Waals surface area contributed by atoms with E-state index in [4.69, 9.17) is 5.11 Å². The van der Waals surface area contributed by atoms with Crippen LogP contribution in [0.15, 0.2) is 16.6 Å². The van der Waals surface area contributed by atoms with Crippen LogP contribution in [0.25, 0.3) is 0 Å². The second-order valence-electron chi connectivity index (χ2n) is 1.69. The van der Waals surface area contributed by atoms with Crippen molar-refractivity contribution in [2.75, 3.05) is 5.75 Å². The molecule has 1 atom stereocenters. The van der Waals surface area contributed by atoms with E-state index in [1.54, 1.807) is 0 Å². The minimum atomic E-state index is -1.18. The third-order valence-corrected chi connectivity index (χ3v) is 1.95. The van der Waals surface area contributed by atoms with Crippen LogP contribution < -0.4 is 0 Å². The SMILES string of the molecule is O=C(O)C1=NC=CS(=O)C1. The quantitative estimate of drug-likeness (QED) is 0.573. The zero-order valence-electron chi connectivity index (χ0n) is 4.98. The molecule has 1 unspecified atom stereocenters. The zero-order valence-corrected chi connectivity index (χ0v) is 5.80. The number of rotatable bonds is 1. The van der Waals surface area contributed by atoms with Gasteiger partial charge in [0.15, 0.2) is 0 Å². The van der Waals surface area contributed by atoms with Gasteiger partial charge in [-0.2, -0.15) is 0 Å². The number of nitrogens with zero attached hydrogens (tertiary/aromatic N) is 1. The van der Waals surface area contributed by atoms with E-state index in [9.17, 15) is 9.00 Å². The molecule has 0 saturated carbocycles. The molecule has 0 fully saturated rings. The van der Waals surface area contributed by atoms with Gasteiger partial charge in [0, 0.05) is 11.6 Å². The molecule has 0 saturated heterocycles. The van der Waals surface area contributed by atoms with Gasteiger partial charge in [-0.3, -0.25) is 9.20 Å². The fourth-order valence-corrected chi connectivity index (χ4v) is 1.29. The Bertz CT molecular complexity index is 243. The molecule has 1 rings (SSSR count). The van der Waals surface area contributed by atoms with Crippen molar-refractivity contribution in [2.45, 2.75) is 0 Å². The van der Waals surface area contributed by atoms with Crippen LogP contribution in [-0.2, 0) is 15.6 Å². The molecule has 1 N–H and O–H groups in total. The number of aliphatic carboxylic acids is 1. The van der Waals surface area contributed by atoms with Crippen molar-refractivity contribution in [2.24, 2.45) is 4.99 Å². The summed E-state index contributed by atoms with van der Waals surface area (Å²) in [6.45, 7) is 0. The molecule has 54 valence electrons. The van der Waals surface area contributed by atoms with Crippen molar-refractivity contribution < 1.29 is 14.1 Å². The molecule has 0 bridgehead atoms. The molecule has 1 aliphatic heterocycles. The van der Waals surface area contributed by atoms with Gasteiger partial charge in [0.2, 0.25) is 0 Å². The molecular formula is C5H5NO3S. The van der Waals surface area contributed by atoms with Crippen LogP contribution in [0.1, 0.15) is 0 Å². The van der Waals surface area contributed by atoms with Crippen molar-refractivity contribution in [3.05, 3.63) is 11.6 Å². The lowest BCUT2D eigenvalue weighted by Gasteiger charge is -2.00. The molecule has 0 radical (unpaired) electrons. The Kier molecular flexibility index (Phi) is 1.96. The summed E-state index contributed by atoms with van der Waals surface area (Å²) in [4.78, 5) is 13.7. The third kappa shape index (κ3) is 1.51. The zero-order chi connectivity index (χ0) is 7.56. The van der Waals surface area contributed by atoms with E-state index in [2.05, 4.69) is 4.99 Å². The van der Waals surface area contributed by atoms with Crippen LogP contribution in [-0.4, -0.2) is 26.7 Å². The van der Waals surface area contributed by atoms with Crippen LogP contribution in [0.5, 0.6) is 0 Å². The van der Waals surface area contributed by atoms with Crippen molar-refractivity contribution in [3.8, 4) is 0 Å². The van der Waals surface area contributed by atoms with Crippen LogP contribution in [0.4, 0.5) is 0 Å². The van der Waals surface area contributed by atoms with Crippen molar-refractivity contribution in [1.29, 1.82) is 0 Å². The van der Waals surface area contributed by atoms with Crippen LogP contribution in [0.3, 0.4) is 0 Å². The first-order valence-corrected chi connectivity index (χ1v) is 3.92. The summed E-state index contributed by atoms with van der Waals surface area (Å²) in [7, 11) is -1.18. The number of aliphatic imine (C=N–C) groups is 1. The Hall–Kier alpha value is -0.970. The highest BCUT2D eigenvalue weighted by atomic mass is 32.2. The fraction of sp³-hybridized carbons (Fsp3) is 0.200. The van der Waals surface area contributed by atoms with Crippen LogP contribution >= 0.6 is 0 Å². The molecule has 0 aromatic rings. The molecule has 0 amide bonds. The number of carboxylic acids is 1. The topological polar surface area (TPSA) is 66.7 Å². The first-order valence-electron chi connectivity index (χ1n) is 2.54. The Morgan fingerprint density at radius 3 is 2.90 bits per heavy atom. The van der Waals surface area contributed by atoms with Crippen molar-refractivity contribution in [1.82, 2.24) is 0 Å². The van der Waals surface area contributed by atoms with Gasteiger partial charge in [0.05, 0.1) is 16.6 Å². The molecule has 1 heterocycles. The van der Waals surface area contributed by atoms with Gasteiger partial charge >= 0.3 is 5.97 Å². The van der Waals surface area contributed by atoms with E-state index in [0.29, 0.717) is 0 Å². The normalized spacial score (nSPS) is 24.0. The van der Waals surface area contributed by atoms with E-state index < -0.39 is 16.8 Å². The highest BCUT2D eigenvalue weighted by Crippen LogP contribution is 1.96. The second-order valence-corrected chi connectivity index (χ2v) is 3.01. The first-order chi connectivity index (χ1) is 4.70. The molecule has 1 aliphatic rings. The standard InChI is InChI=1S/C5H5NO3S/c7-5(8)4-3-10(9)2-1-6-4/h1-2H,3H2,(H,7,8). The van der Waals surface area contributed by atoms with Gasteiger partial charge in [-0.05, 0) is 0 Å². The Morgan fingerprint density at radius 1 is 1.80 bits per heavy atom. The van der Waals surface area contributed by atoms with Crippen molar-refractivity contribution in [3.63, 3.8) is 0 Å². The lowest BCUT2D eigenvalue weighted by atomic mass is 10.4. The lowest BCUT2D eigenvalue weighted by Crippen LogP contribution is -2.21. The van der Waals surface area contributed by atoms with E-state index >= 15 is 0 Å². The summed E-state index contributed by atoms with van der Waals surface area (Å²) >= 11 is 0. The fourth-order valence-electron chi connectivity index (χ4n) is 0.525. The number of hydrogen-bond donors (Lipinski definition) is 1. The molecule has 10 heavy (non-hydrogen) atoms. The van der Waals surface area contributed by atoms with Gasteiger partial charge in [0.25, 0.3) is 0 Å². The second kappa shape index (κ2) is 2.74. The number of carbonyl (C=O) groups is 1. The van der Waals surface area contributed by atoms with Crippen LogP contribution in [0.2, 0.25) is 0 Å². The van der Waals surface area contributed by atoms with Gasteiger partial charge in [-0.1, -0.05) is 0 Å². The monoisotopic (exact) mass is 159 g/mol. The summed E-state index contributed by atoms with van der Waals surface area (Å²) < 4.78 is 10.7. The maximum absolute atomic E-state index is 10.7. The van der Waals surface area contributed by atoms with E-state index in [-0.39, 0.29) is 11.5 Å². The minimum Gasteiger partial charge on any atom is -0.477 e. The summed E-state index contributed by atoms with van der Waals surface area (Å²) in [6.07, 6.45) is 1.25. The summed E-state index contributed by atoms with van der Waals surface area (Å²) in [6, 6.07) is 0. The maximum Gasteiger partial charge on any atom is 0.351 e. The van der Waals surface area contributed by atoms with Crippen molar-refractivity contribution >= 4 is 22.5 Å². The minimum absolute atomic E-state index is 0.0197.